The minimum Gasteiger partial charge on any atom is -0.489 e. The summed E-state index contributed by atoms with van der Waals surface area (Å²) < 4.78 is 87.3. The van der Waals surface area contributed by atoms with Gasteiger partial charge in [0.1, 0.15) is 23.4 Å². The van der Waals surface area contributed by atoms with Crippen LogP contribution < -0.4 is 14.2 Å². The molecule has 1 aliphatic rings. The normalized spacial score (nSPS) is 20.3. The lowest BCUT2D eigenvalue weighted by atomic mass is 9.93. The topological polar surface area (TPSA) is 64.6 Å². The number of ether oxygens (including phenoxy) is 2. The second-order valence-corrected chi connectivity index (χ2v) is 8.36. The fourth-order valence-corrected chi connectivity index (χ4v) is 4.45. The van der Waals surface area contributed by atoms with Crippen LogP contribution in [0, 0.1) is 5.82 Å². The van der Waals surface area contributed by atoms with E-state index in [2.05, 4.69) is 9.46 Å². The number of hydrogen-bond donors (Lipinski definition) is 1. The van der Waals surface area contributed by atoms with Crippen LogP contribution >= 0.6 is 0 Å². The summed E-state index contributed by atoms with van der Waals surface area (Å²) in [5, 5.41) is 0. The molecular weight excluding hydrogens is 414 g/mol. The van der Waals surface area contributed by atoms with Crippen molar-refractivity contribution in [3.8, 4) is 11.5 Å². The molecule has 29 heavy (non-hydrogen) atoms. The second-order valence-electron chi connectivity index (χ2n) is 6.64. The van der Waals surface area contributed by atoms with Gasteiger partial charge in [0.05, 0.1) is 10.9 Å². The molecule has 1 saturated carbocycles. The van der Waals surface area contributed by atoms with Gasteiger partial charge < -0.3 is 9.47 Å². The molecule has 5 nitrogen and oxygen atoms in total. The summed E-state index contributed by atoms with van der Waals surface area (Å²) in [6, 6.07) is 8.88. The lowest BCUT2D eigenvalue weighted by molar-refractivity contribution is -0.274. The molecule has 2 aromatic rings. The van der Waals surface area contributed by atoms with E-state index in [1.54, 1.807) is 0 Å². The maximum Gasteiger partial charge on any atom is 0.573 e. The molecule has 0 unspecified atom stereocenters. The first-order valence-electron chi connectivity index (χ1n) is 8.93. The molecule has 3 rings (SSSR count). The summed E-state index contributed by atoms with van der Waals surface area (Å²) in [4.78, 5) is -0.182. The molecule has 0 saturated heterocycles. The Morgan fingerprint density at radius 3 is 2.10 bits per heavy atom. The molecule has 0 aromatic heterocycles. The number of benzene rings is 2. The van der Waals surface area contributed by atoms with Crippen molar-refractivity contribution in [1.82, 2.24) is 4.72 Å². The second kappa shape index (κ2) is 8.58. The highest BCUT2D eigenvalue weighted by atomic mass is 32.2. The average molecular weight is 433 g/mol. The standard InChI is InChI=1S/C19H19F4NO4S/c20-13-5-7-14(8-6-13)27-18-4-2-1-3-17(18)24-29(25,26)16-11-9-15(10-12-16)28-19(21,22)23/h5-12,17-18,24H,1-4H2/t17-,18-/m1/s1. The van der Waals surface area contributed by atoms with Crippen molar-refractivity contribution in [2.45, 2.75) is 49.1 Å². The first kappa shape index (κ1) is 21.4. The van der Waals surface area contributed by atoms with Gasteiger partial charge in [0.2, 0.25) is 10.0 Å². The average Bonchev–Trinajstić information content (AvgIpc) is 2.64. The summed E-state index contributed by atoms with van der Waals surface area (Å²) in [5.41, 5.74) is 0. The van der Waals surface area contributed by atoms with Gasteiger partial charge >= 0.3 is 6.36 Å². The monoisotopic (exact) mass is 433 g/mol. The molecule has 0 bridgehead atoms. The van der Waals surface area contributed by atoms with Crippen LogP contribution in [0.25, 0.3) is 0 Å². The molecule has 1 fully saturated rings. The van der Waals surface area contributed by atoms with Gasteiger partial charge in [-0.05, 0) is 67.8 Å². The van der Waals surface area contributed by atoms with Gasteiger partial charge in [0, 0.05) is 0 Å². The molecule has 0 heterocycles. The number of nitrogens with one attached hydrogen (secondary N) is 1. The Morgan fingerprint density at radius 2 is 1.48 bits per heavy atom. The highest BCUT2D eigenvalue weighted by Gasteiger charge is 2.32. The number of sulfonamides is 1. The quantitative estimate of drug-likeness (QED) is 0.687. The molecule has 0 aliphatic heterocycles. The third-order valence-electron chi connectivity index (χ3n) is 4.48. The zero-order valence-corrected chi connectivity index (χ0v) is 16.0. The van der Waals surface area contributed by atoms with Gasteiger partial charge in [0.25, 0.3) is 0 Å². The van der Waals surface area contributed by atoms with Crippen molar-refractivity contribution in [2.75, 3.05) is 0 Å². The van der Waals surface area contributed by atoms with Crippen LogP contribution in [-0.2, 0) is 10.0 Å². The van der Waals surface area contributed by atoms with Crippen molar-refractivity contribution < 1.29 is 35.5 Å². The van der Waals surface area contributed by atoms with Crippen LogP contribution in [0.4, 0.5) is 17.6 Å². The van der Waals surface area contributed by atoms with Crippen molar-refractivity contribution in [2.24, 2.45) is 0 Å². The lowest BCUT2D eigenvalue weighted by Gasteiger charge is -2.32. The molecule has 0 radical (unpaired) electrons. The minimum absolute atomic E-state index is 0.182. The highest BCUT2D eigenvalue weighted by Crippen LogP contribution is 2.27. The van der Waals surface area contributed by atoms with Gasteiger partial charge in [-0.3, -0.25) is 0 Å². The van der Waals surface area contributed by atoms with E-state index in [0.717, 1.165) is 37.1 Å². The fraction of sp³-hybridized carbons (Fsp3) is 0.368. The van der Waals surface area contributed by atoms with E-state index >= 15 is 0 Å². The van der Waals surface area contributed by atoms with Crippen LogP contribution in [0.15, 0.2) is 53.4 Å². The summed E-state index contributed by atoms with van der Waals surface area (Å²) in [6.45, 7) is 0. The number of halogens is 4. The van der Waals surface area contributed by atoms with Gasteiger partial charge in [-0.15, -0.1) is 13.2 Å². The van der Waals surface area contributed by atoms with E-state index in [-0.39, 0.29) is 4.90 Å². The zero-order valence-electron chi connectivity index (χ0n) is 15.2. The molecule has 0 spiro atoms. The van der Waals surface area contributed by atoms with Crippen LogP contribution in [0.2, 0.25) is 0 Å². The summed E-state index contributed by atoms with van der Waals surface area (Å²) in [6.07, 6.45) is -2.49. The minimum atomic E-state index is -4.86. The zero-order chi connectivity index (χ0) is 21.1. The lowest BCUT2D eigenvalue weighted by Crippen LogP contribution is -2.47. The van der Waals surface area contributed by atoms with E-state index in [9.17, 15) is 26.0 Å². The molecule has 158 valence electrons. The largest absolute Gasteiger partial charge is 0.573 e. The Kier molecular flexibility index (Phi) is 6.33. The first-order chi connectivity index (χ1) is 13.6. The third-order valence-corrected chi connectivity index (χ3v) is 5.98. The number of hydrogen-bond acceptors (Lipinski definition) is 4. The Balaban J connectivity index is 1.70. The molecule has 2 atom stereocenters. The molecular formula is C19H19F4NO4S. The molecule has 1 aliphatic carbocycles. The van der Waals surface area contributed by atoms with E-state index in [4.69, 9.17) is 4.74 Å². The van der Waals surface area contributed by atoms with Gasteiger partial charge in [-0.25, -0.2) is 17.5 Å². The van der Waals surface area contributed by atoms with Crippen LogP contribution in [-0.4, -0.2) is 26.9 Å². The Labute approximate surface area is 165 Å². The van der Waals surface area contributed by atoms with E-state index in [1.807, 2.05) is 0 Å². The summed E-state index contributed by atoms with van der Waals surface area (Å²) >= 11 is 0. The van der Waals surface area contributed by atoms with Crippen LogP contribution in [0.1, 0.15) is 25.7 Å². The third kappa shape index (κ3) is 6.07. The van der Waals surface area contributed by atoms with E-state index in [1.165, 1.54) is 24.3 Å². The van der Waals surface area contributed by atoms with Crippen molar-refractivity contribution in [1.29, 1.82) is 0 Å². The highest BCUT2D eigenvalue weighted by molar-refractivity contribution is 7.89. The predicted molar refractivity (Wildman–Crippen MR) is 96.5 cm³/mol. The predicted octanol–water partition coefficient (Wildman–Crippen LogP) is 4.39. The Hall–Kier alpha value is -2.33. The Morgan fingerprint density at radius 1 is 0.897 bits per heavy atom. The van der Waals surface area contributed by atoms with Gasteiger partial charge in [-0.2, -0.15) is 0 Å². The maximum atomic E-state index is 13.1. The Bertz CT molecular complexity index is 915. The van der Waals surface area contributed by atoms with Gasteiger partial charge in [0.15, 0.2) is 0 Å². The first-order valence-corrected chi connectivity index (χ1v) is 10.4. The van der Waals surface area contributed by atoms with Crippen molar-refractivity contribution in [3.05, 3.63) is 54.3 Å². The SMILES string of the molecule is O=S(=O)(N[C@@H]1CCCC[C@H]1Oc1ccc(F)cc1)c1ccc(OC(F)(F)F)cc1. The van der Waals surface area contributed by atoms with Crippen molar-refractivity contribution in [3.63, 3.8) is 0 Å². The van der Waals surface area contributed by atoms with Crippen LogP contribution in [0.3, 0.4) is 0 Å². The fourth-order valence-electron chi connectivity index (χ4n) is 3.15. The molecule has 1 N–H and O–H groups in total. The molecule has 0 amide bonds. The van der Waals surface area contributed by atoms with Crippen molar-refractivity contribution >= 4 is 10.0 Å². The smallest absolute Gasteiger partial charge is 0.489 e. The van der Waals surface area contributed by atoms with Crippen LogP contribution in [0.5, 0.6) is 11.5 Å². The number of alkyl halides is 3. The summed E-state index contributed by atoms with van der Waals surface area (Å²) in [7, 11) is -3.98. The van der Waals surface area contributed by atoms with E-state index < -0.39 is 40.1 Å². The van der Waals surface area contributed by atoms with Gasteiger partial charge in [-0.1, -0.05) is 6.42 Å². The molecule has 2 aromatic carbocycles. The maximum absolute atomic E-state index is 13.1. The number of rotatable bonds is 6. The summed E-state index contributed by atoms with van der Waals surface area (Å²) in [5.74, 6) is -0.487. The molecule has 10 heteroatoms. The van der Waals surface area contributed by atoms with E-state index in [0.29, 0.717) is 18.6 Å².